The van der Waals surface area contributed by atoms with Gasteiger partial charge in [0, 0.05) is 0 Å². The van der Waals surface area contributed by atoms with Gasteiger partial charge in [0.2, 0.25) is 5.92 Å². The van der Waals surface area contributed by atoms with Crippen LogP contribution in [-0.2, 0) is 9.53 Å². The molecule has 2 aliphatic carbocycles. The van der Waals surface area contributed by atoms with Crippen LogP contribution in [0.2, 0.25) is 0 Å². The van der Waals surface area contributed by atoms with Crippen molar-refractivity contribution in [2.45, 2.75) is 12.4 Å². The zero-order valence-corrected chi connectivity index (χ0v) is 9.47. The van der Waals surface area contributed by atoms with Crippen LogP contribution in [0.3, 0.4) is 0 Å². The van der Waals surface area contributed by atoms with Crippen molar-refractivity contribution in [2.24, 2.45) is 5.92 Å². The minimum Gasteiger partial charge on any atom is -0.468 e. The van der Waals surface area contributed by atoms with Gasteiger partial charge in [-0.1, -0.05) is 18.2 Å². The summed E-state index contributed by atoms with van der Waals surface area (Å²) in [4.78, 5) is 10.1. The van der Waals surface area contributed by atoms with Crippen molar-refractivity contribution in [3.05, 3.63) is 24.3 Å². The number of halogens is 6. The normalized spacial score (nSPS) is 12.6. The molecular weight excluding hydrogens is 278 g/mol. The summed E-state index contributed by atoms with van der Waals surface area (Å²) in [6.07, 6.45) is -11.4. The fourth-order valence-electron chi connectivity index (χ4n) is 1.25. The summed E-state index contributed by atoms with van der Waals surface area (Å²) in [6.45, 7) is 0. The summed E-state index contributed by atoms with van der Waals surface area (Å²) in [5, 5.41) is 0. The molecule has 2 nitrogen and oxygen atoms in total. The summed E-state index contributed by atoms with van der Waals surface area (Å²) in [7, 11) is 0.451. The predicted octanol–water partition coefficient (Wildman–Crippen LogP) is 3.57. The van der Waals surface area contributed by atoms with Crippen molar-refractivity contribution in [3.63, 3.8) is 0 Å². The molecule has 0 radical (unpaired) electrons. The highest BCUT2D eigenvalue weighted by Gasteiger charge is 2.62. The third kappa shape index (κ3) is 4.15. The lowest BCUT2D eigenvalue weighted by Gasteiger charge is -2.20. The summed E-state index contributed by atoms with van der Waals surface area (Å²) < 4.78 is 73.2. The Morgan fingerprint density at radius 3 is 1.58 bits per heavy atom. The van der Waals surface area contributed by atoms with Gasteiger partial charge in [-0.2, -0.15) is 26.3 Å². The second kappa shape index (κ2) is 5.10. The van der Waals surface area contributed by atoms with E-state index in [1.165, 1.54) is 11.1 Å². The molecule has 0 aliphatic heterocycles. The molecule has 0 spiro atoms. The Bertz CT molecular complexity index is 432. The first-order valence-electron chi connectivity index (χ1n) is 4.89. The average Bonchev–Trinajstić information content (AvgIpc) is 2.82. The minimum absolute atomic E-state index is 0.451. The van der Waals surface area contributed by atoms with E-state index in [4.69, 9.17) is 0 Å². The van der Waals surface area contributed by atoms with Gasteiger partial charge in [-0.15, -0.1) is 0 Å². The molecule has 19 heavy (non-hydrogen) atoms. The summed E-state index contributed by atoms with van der Waals surface area (Å²) >= 11 is 0. The standard InChI is InChI=1S/C6H4.C5H4F6O2/c1-2-5-4-6(5)3-1;1-13-3(12)2(4(6,7)8)5(9,10)11/h1-4H;2H,1H3. The van der Waals surface area contributed by atoms with E-state index in [9.17, 15) is 31.1 Å². The van der Waals surface area contributed by atoms with Gasteiger partial charge < -0.3 is 4.74 Å². The number of carbonyl (C=O) groups excluding carboxylic acids is 1. The van der Waals surface area contributed by atoms with Crippen molar-refractivity contribution in [2.75, 3.05) is 7.11 Å². The van der Waals surface area contributed by atoms with Crippen LogP contribution in [-0.4, -0.2) is 25.4 Å². The largest absolute Gasteiger partial charge is 0.468 e. The van der Waals surface area contributed by atoms with Gasteiger partial charge in [-0.05, 0) is 17.2 Å². The van der Waals surface area contributed by atoms with E-state index in [1.807, 2.05) is 0 Å². The van der Waals surface area contributed by atoms with Crippen LogP contribution in [0.1, 0.15) is 0 Å². The second-order valence-corrected chi connectivity index (χ2v) is 3.62. The molecule has 8 heteroatoms. The first kappa shape index (κ1) is 15.3. The zero-order chi connectivity index (χ0) is 14.8. The fourth-order valence-corrected chi connectivity index (χ4v) is 1.25. The van der Waals surface area contributed by atoms with E-state index >= 15 is 0 Å². The van der Waals surface area contributed by atoms with Crippen molar-refractivity contribution in [1.29, 1.82) is 0 Å². The van der Waals surface area contributed by atoms with Crippen molar-refractivity contribution in [1.82, 2.24) is 0 Å². The van der Waals surface area contributed by atoms with Gasteiger partial charge in [-0.3, -0.25) is 4.79 Å². The Morgan fingerprint density at radius 1 is 1.05 bits per heavy atom. The van der Waals surface area contributed by atoms with Crippen molar-refractivity contribution in [3.8, 4) is 11.1 Å². The lowest BCUT2D eigenvalue weighted by atomic mass is 10.1. The van der Waals surface area contributed by atoms with Crippen LogP contribution in [0.15, 0.2) is 24.3 Å². The maximum Gasteiger partial charge on any atom is 0.411 e. The van der Waals surface area contributed by atoms with Gasteiger partial charge in [-0.25, -0.2) is 0 Å². The lowest BCUT2D eigenvalue weighted by molar-refractivity contribution is -0.281. The number of esters is 1. The molecule has 0 bridgehead atoms. The van der Waals surface area contributed by atoms with Crippen molar-refractivity contribution >= 4 is 5.97 Å². The molecule has 0 saturated carbocycles. The first-order valence-corrected chi connectivity index (χ1v) is 4.89. The maximum atomic E-state index is 11.6. The quantitative estimate of drug-likeness (QED) is 0.592. The van der Waals surface area contributed by atoms with E-state index in [0.717, 1.165) is 0 Å². The Hall–Kier alpha value is -1.73. The number of fused-ring (bicyclic) bond motifs is 1. The number of ether oxygens (including phenoxy) is 1. The SMILES string of the molecule is COC(=O)C(C(F)(F)F)C(F)(F)F.c1cc2cc-2c1. The molecule has 0 fully saturated rings. The highest BCUT2D eigenvalue weighted by Crippen LogP contribution is 2.39. The molecule has 0 N–H and O–H groups in total. The molecule has 0 aromatic rings. The number of methoxy groups -OCH3 is 1. The lowest BCUT2D eigenvalue weighted by Crippen LogP contribution is -2.42. The summed E-state index contributed by atoms with van der Waals surface area (Å²) in [5.41, 5.74) is 2.85. The van der Waals surface area contributed by atoms with Gasteiger partial charge in [0.1, 0.15) is 0 Å². The molecule has 106 valence electrons. The van der Waals surface area contributed by atoms with E-state index in [-0.39, 0.29) is 0 Å². The first-order chi connectivity index (χ1) is 8.57. The average molecular weight is 286 g/mol. The zero-order valence-electron chi connectivity index (χ0n) is 9.47. The van der Waals surface area contributed by atoms with Crippen LogP contribution in [0.25, 0.3) is 11.1 Å². The van der Waals surface area contributed by atoms with Crippen LogP contribution < -0.4 is 0 Å². The third-order valence-corrected chi connectivity index (χ3v) is 2.20. The molecule has 0 aromatic carbocycles. The Balaban J connectivity index is 0.000000241. The molecule has 0 amide bonds. The molecular formula is C11H8F6O2. The summed E-state index contributed by atoms with van der Waals surface area (Å²) in [6, 6.07) is 8.48. The number of benzene rings is 1. The van der Waals surface area contributed by atoms with E-state index in [2.05, 4.69) is 29.0 Å². The Morgan fingerprint density at radius 2 is 1.47 bits per heavy atom. The minimum atomic E-state index is -5.68. The molecule has 0 atom stereocenters. The monoisotopic (exact) mass is 286 g/mol. The summed E-state index contributed by atoms with van der Waals surface area (Å²) in [5.74, 6) is -6.43. The molecule has 0 aromatic heterocycles. The van der Waals surface area contributed by atoms with Crippen molar-refractivity contribution < 1.29 is 35.9 Å². The highest BCUT2D eigenvalue weighted by molar-refractivity contribution is 5.80. The van der Waals surface area contributed by atoms with Gasteiger partial charge in [0.15, 0.2) is 0 Å². The Kier molecular flexibility index (Phi) is 4.12. The topological polar surface area (TPSA) is 26.3 Å². The van der Waals surface area contributed by atoms with Crippen LogP contribution >= 0.6 is 0 Å². The van der Waals surface area contributed by atoms with Gasteiger partial charge in [0.25, 0.3) is 0 Å². The number of alkyl halides is 6. The predicted molar refractivity (Wildman–Crippen MR) is 53.1 cm³/mol. The molecule has 0 saturated heterocycles. The van der Waals surface area contributed by atoms with E-state index in [1.54, 1.807) is 0 Å². The van der Waals surface area contributed by atoms with Crippen LogP contribution in [0.5, 0.6) is 0 Å². The van der Waals surface area contributed by atoms with E-state index < -0.39 is 24.2 Å². The molecule has 0 heterocycles. The van der Waals surface area contributed by atoms with Gasteiger partial charge in [0.05, 0.1) is 7.11 Å². The number of hydrogen-bond acceptors (Lipinski definition) is 2. The number of rotatable bonds is 1. The van der Waals surface area contributed by atoms with Gasteiger partial charge >= 0.3 is 18.3 Å². The highest BCUT2D eigenvalue weighted by atomic mass is 19.4. The fraction of sp³-hybridized carbons (Fsp3) is 0.364. The molecule has 2 rings (SSSR count). The third-order valence-electron chi connectivity index (χ3n) is 2.20. The van der Waals surface area contributed by atoms with Crippen LogP contribution in [0, 0.1) is 5.92 Å². The number of hydrogen-bond donors (Lipinski definition) is 0. The van der Waals surface area contributed by atoms with E-state index in [0.29, 0.717) is 7.11 Å². The Labute approximate surface area is 104 Å². The smallest absolute Gasteiger partial charge is 0.411 e. The van der Waals surface area contributed by atoms with Crippen LogP contribution in [0.4, 0.5) is 26.3 Å². The maximum absolute atomic E-state index is 11.6. The number of carbonyl (C=O) groups is 1. The second-order valence-electron chi connectivity index (χ2n) is 3.62. The molecule has 0 unspecified atom stereocenters. The molecule has 2 aliphatic rings.